The van der Waals surface area contributed by atoms with Crippen molar-refractivity contribution in [3.05, 3.63) is 86.9 Å². The molecule has 0 unspecified atom stereocenters. The van der Waals surface area contributed by atoms with Gasteiger partial charge in [-0.15, -0.1) is 0 Å². The number of fused-ring (bicyclic) bond motifs is 2. The molecule has 0 aliphatic carbocycles. The minimum atomic E-state index is -0.212. The molecule has 0 bridgehead atoms. The lowest BCUT2D eigenvalue weighted by molar-refractivity contribution is 0.0746. The van der Waals surface area contributed by atoms with Gasteiger partial charge < -0.3 is 29.0 Å². The molecular weight excluding hydrogens is 504 g/mol. The summed E-state index contributed by atoms with van der Waals surface area (Å²) in [6.07, 6.45) is 0. The van der Waals surface area contributed by atoms with Crippen molar-refractivity contribution in [3.63, 3.8) is 0 Å². The number of piperazine rings is 1. The lowest BCUT2D eigenvalue weighted by atomic mass is 10.1. The quantitative estimate of drug-likeness (QED) is 0.393. The summed E-state index contributed by atoms with van der Waals surface area (Å²) in [6.45, 7) is 3.19. The molecule has 0 radical (unpaired) electrons. The van der Waals surface area contributed by atoms with Gasteiger partial charge >= 0.3 is 0 Å². The predicted molar refractivity (Wildman–Crippen MR) is 146 cm³/mol. The van der Waals surface area contributed by atoms with Crippen molar-refractivity contribution in [1.82, 2.24) is 14.5 Å². The van der Waals surface area contributed by atoms with Crippen LogP contribution >= 0.6 is 12.2 Å². The number of methoxy groups -OCH3 is 1. The molecule has 38 heavy (non-hydrogen) atoms. The molecule has 1 fully saturated rings. The first kappa shape index (κ1) is 24.1. The second-order valence-electron chi connectivity index (χ2n) is 9.25. The van der Waals surface area contributed by atoms with Crippen molar-refractivity contribution in [2.75, 3.05) is 45.0 Å². The smallest absolute Gasteiger partial charge is 0.262 e. The largest absolute Gasteiger partial charge is 0.497 e. The number of carbonyl (C=O) groups excluding carboxylic acids is 1. The van der Waals surface area contributed by atoms with Crippen LogP contribution in [0.15, 0.2) is 65.5 Å². The van der Waals surface area contributed by atoms with E-state index < -0.39 is 0 Å². The van der Waals surface area contributed by atoms with E-state index in [1.54, 1.807) is 19.2 Å². The van der Waals surface area contributed by atoms with Crippen molar-refractivity contribution in [2.45, 2.75) is 6.54 Å². The molecule has 10 heteroatoms. The number of nitrogens with zero attached hydrogens (tertiary/aromatic N) is 3. The van der Waals surface area contributed by atoms with Crippen LogP contribution in [0.5, 0.6) is 17.2 Å². The van der Waals surface area contributed by atoms with Crippen LogP contribution < -0.4 is 24.7 Å². The minimum Gasteiger partial charge on any atom is -0.497 e. The minimum absolute atomic E-state index is 0.00178. The zero-order valence-corrected chi connectivity index (χ0v) is 21.6. The summed E-state index contributed by atoms with van der Waals surface area (Å²) in [5, 5.41) is 0.475. The Kier molecular flexibility index (Phi) is 6.24. The first-order valence-corrected chi connectivity index (χ1v) is 12.7. The second kappa shape index (κ2) is 9.86. The van der Waals surface area contributed by atoms with Gasteiger partial charge in [0.05, 0.1) is 24.6 Å². The average Bonchev–Trinajstić information content (AvgIpc) is 3.42. The summed E-state index contributed by atoms with van der Waals surface area (Å²) in [5.74, 6) is 1.94. The van der Waals surface area contributed by atoms with Crippen molar-refractivity contribution in [1.29, 1.82) is 0 Å². The fourth-order valence-electron chi connectivity index (χ4n) is 4.88. The molecule has 3 aromatic carbocycles. The van der Waals surface area contributed by atoms with Crippen LogP contribution in [-0.4, -0.2) is 60.4 Å². The summed E-state index contributed by atoms with van der Waals surface area (Å²) in [6, 6.07) is 18.7. The molecule has 9 nitrogen and oxygen atoms in total. The van der Waals surface area contributed by atoms with E-state index in [2.05, 4.69) is 16.0 Å². The highest BCUT2D eigenvalue weighted by atomic mass is 32.1. The number of benzene rings is 3. The SMILES string of the molecule is COc1cccc(N2CCN(C(=O)c3ccc(Cn4c(=S)[nH]c5cc6c(cc5c4=O)OCO6)cc3)CC2)c1. The first-order chi connectivity index (χ1) is 18.5. The topological polar surface area (TPSA) is 89.0 Å². The Hall–Kier alpha value is -4.31. The Labute approximate surface area is 223 Å². The molecular formula is C28H26N4O5S. The molecule has 1 saturated heterocycles. The van der Waals surface area contributed by atoms with Crippen LogP contribution in [-0.2, 0) is 6.54 Å². The zero-order chi connectivity index (χ0) is 26.2. The average molecular weight is 531 g/mol. The number of hydrogen-bond acceptors (Lipinski definition) is 7. The number of carbonyl (C=O) groups is 1. The van der Waals surface area contributed by atoms with E-state index in [-0.39, 0.29) is 24.8 Å². The summed E-state index contributed by atoms with van der Waals surface area (Å²) >= 11 is 5.47. The highest BCUT2D eigenvalue weighted by molar-refractivity contribution is 7.71. The van der Waals surface area contributed by atoms with Gasteiger partial charge in [-0.2, -0.15) is 0 Å². The highest BCUT2D eigenvalue weighted by Crippen LogP contribution is 2.34. The number of aromatic amines is 1. The van der Waals surface area contributed by atoms with E-state index in [9.17, 15) is 9.59 Å². The lowest BCUT2D eigenvalue weighted by Gasteiger charge is -2.36. The van der Waals surface area contributed by atoms with E-state index >= 15 is 0 Å². The highest BCUT2D eigenvalue weighted by Gasteiger charge is 2.23. The molecule has 6 rings (SSSR count). The third-order valence-electron chi connectivity index (χ3n) is 7.00. The van der Waals surface area contributed by atoms with E-state index in [0.717, 1.165) is 30.1 Å². The van der Waals surface area contributed by atoms with Crippen molar-refractivity contribution in [3.8, 4) is 17.2 Å². The van der Waals surface area contributed by atoms with Gasteiger partial charge in [-0.1, -0.05) is 18.2 Å². The number of amides is 1. The number of hydrogen-bond donors (Lipinski definition) is 1. The zero-order valence-electron chi connectivity index (χ0n) is 20.8. The number of aromatic nitrogens is 2. The van der Waals surface area contributed by atoms with Crippen LogP contribution in [0.1, 0.15) is 15.9 Å². The van der Waals surface area contributed by atoms with Crippen molar-refractivity contribution >= 4 is 34.7 Å². The maximum Gasteiger partial charge on any atom is 0.262 e. The summed E-state index contributed by atoms with van der Waals surface area (Å²) in [4.78, 5) is 33.6. The third-order valence-corrected chi connectivity index (χ3v) is 7.32. The van der Waals surface area contributed by atoms with Gasteiger partial charge in [0.1, 0.15) is 5.75 Å². The van der Waals surface area contributed by atoms with Crippen LogP contribution in [0.4, 0.5) is 5.69 Å². The Morgan fingerprint density at radius 1 is 1.00 bits per heavy atom. The van der Waals surface area contributed by atoms with E-state index in [1.165, 1.54) is 4.57 Å². The Balaban J connectivity index is 1.14. The molecule has 2 aliphatic rings. The van der Waals surface area contributed by atoms with Crippen LogP contribution in [0.3, 0.4) is 0 Å². The maximum absolute atomic E-state index is 13.2. The maximum atomic E-state index is 13.2. The Morgan fingerprint density at radius 2 is 1.74 bits per heavy atom. The van der Waals surface area contributed by atoms with Crippen molar-refractivity contribution < 1.29 is 19.0 Å². The number of ether oxygens (including phenoxy) is 3. The van der Waals surface area contributed by atoms with E-state index in [0.29, 0.717) is 45.8 Å². The van der Waals surface area contributed by atoms with Gasteiger partial charge in [-0.3, -0.25) is 14.2 Å². The number of anilines is 1. The van der Waals surface area contributed by atoms with E-state index in [4.69, 9.17) is 26.4 Å². The molecule has 1 aromatic heterocycles. The first-order valence-electron chi connectivity index (χ1n) is 12.3. The Morgan fingerprint density at radius 3 is 2.47 bits per heavy atom. The van der Waals surface area contributed by atoms with Gasteiger partial charge in [0.2, 0.25) is 6.79 Å². The van der Waals surface area contributed by atoms with Gasteiger partial charge in [0, 0.05) is 49.6 Å². The van der Waals surface area contributed by atoms with Gasteiger partial charge in [0.25, 0.3) is 11.5 Å². The summed E-state index contributed by atoms with van der Waals surface area (Å²) in [5.41, 5.74) is 2.97. The van der Waals surface area contributed by atoms with E-state index in [1.807, 2.05) is 47.4 Å². The van der Waals surface area contributed by atoms with Crippen LogP contribution in [0.25, 0.3) is 10.9 Å². The standard InChI is InChI=1S/C28H26N4O5S/c1-35-21-4-2-3-20(13-21)30-9-11-31(12-10-30)26(33)19-7-5-18(6-8-19)16-32-27(34)22-14-24-25(37-17-36-24)15-23(22)29-28(32)38/h2-8,13-15H,9-12,16-17H2,1H3,(H,29,38). The molecule has 1 N–H and O–H groups in total. The van der Waals surface area contributed by atoms with Gasteiger partial charge in [-0.05, 0) is 48.1 Å². The predicted octanol–water partition coefficient (Wildman–Crippen LogP) is 3.81. The molecule has 4 aromatic rings. The van der Waals surface area contributed by atoms with Crippen molar-refractivity contribution in [2.24, 2.45) is 0 Å². The normalized spacial score (nSPS) is 14.7. The fraction of sp³-hybridized carbons (Fsp3) is 0.250. The number of nitrogens with one attached hydrogen (secondary N) is 1. The number of H-pyrrole nitrogens is 1. The van der Waals surface area contributed by atoms with Gasteiger partial charge in [0.15, 0.2) is 16.3 Å². The fourth-order valence-corrected chi connectivity index (χ4v) is 5.14. The molecule has 194 valence electrons. The number of rotatable bonds is 5. The van der Waals surface area contributed by atoms with Crippen LogP contribution in [0.2, 0.25) is 0 Å². The molecule has 1 amide bonds. The van der Waals surface area contributed by atoms with Gasteiger partial charge in [-0.25, -0.2) is 0 Å². The molecule has 0 atom stereocenters. The lowest BCUT2D eigenvalue weighted by Crippen LogP contribution is -2.48. The Bertz CT molecular complexity index is 1640. The summed E-state index contributed by atoms with van der Waals surface area (Å²) in [7, 11) is 1.66. The second-order valence-corrected chi connectivity index (χ2v) is 9.64. The van der Waals surface area contributed by atoms with Crippen LogP contribution in [0, 0.1) is 4.77 Å². The third kappa shape index (κ3) is 4.47. The molecule has 2 aliphatic heterocycles. The molecule has 0 spiro atoms. The summed E-state index contributed by atoms with van der Waals surface area (Å²) < 4.78 is 18.0. The molecule has 0 saturated carbocycles. The molecule has 3 heterocycles. The monoisotopic (exact) mass is 530 g/mol.